The van der Waals surface area contributed by atoms with Gasteiger partial charge in [-0.15, -0.1) is 0 Å². The zero-order valence-electron chi connectivity index (χ0n) is 17.2. The van der Waals surface area contributed by atoms with E-state index in [1.54, 1.807) is 6.07 Å². The van der Waals surface area contributed by atoms with E-state index in [9.17, 15) is 9.90 Å². The lowest BCUT2D eigenvalue weighted by atomic mass is 9.79. The highest BCUT2D eigenvalue weighted by Crippen LogP contribution is 2.47. The summed E-state index contributed by atoms with van der Waals surface area (Å²) in [6, 6.07) is 15.4. The maximum Gasteiger partial charge on any atom is 0.257 e. The van der Waals surface area contributed by atoms with Gasteiger partial charge in [-0.05, 0) is 42.4 Å². The molecule has 3 fully saturated rings. The molecule has 1 aromatic heterocycles. The molecular formula is C24H30N4O2. The standard InChI is InChI=1S/C24H30N4O2/c25-21-12-6-11-18(26-21)13-28-14-19-20(15-28)22(19)27-23(29)24(30,17-9-4-5-10-17)16-7-2-1-3-8-16/h1-3,6-8,11-12,17,19-20,22,30H,4-5,9-10,13-15H2,(H2,25,26)(H,27,29)/t19-,20?,22?,24?/m0/s1. The van der Waals surface area contributed by atoms with Crippen LogP contribution < -0.4 is 11.1 Å². The maximum absolute atomic E-state index is 13.3. The Bertz CT molecular complexity index is 902. The Kier molecular flexibility index (Phi) is 4.99. The molecule has 0 spiro atoms. The first-order valence-corrected chi connectivity index (χ1v) is 11.1. The molecule has 4 N–H and O–H groups in total. The van der Waals surface area contributed by atoms with Crippen molar-refractivity contribution in [2.24, 2.45) is 17.8 Å². The Labute approximate surface area is 177 Å². The van der Waals surface area contributed by atoms with Gasteiger partial charge in [-0.1, -0.05) is 49.2 Å². The molecular weight excluding hydrogens is 376 g/mol. The Morgan fingerprint density at radius 3 is 2.47 bits per heavy atom. The number of benzene rings is 1. The number of aromatic nitrogens is 1. The van der Waals surface area contributed by atoms with Gasteiger partial charge in [-0.3, -0.25) is 9.69 Å². The number of nitrogens with two attached hydrogens (primary N) is 1. The van der Waals surface area contributed by atoms with Gasteiger partial charge in [-0.25, -0.2) is 4.98 Å². The largest absolute Gasteiger partial charge is 0.384 e. The number of carbonyl (C=O) groups excluding carboxylic acids is 1. The number of nitrogens with zero attached hydrogens (tertiary/aromatic N) is 2. The van der Waals surface area contributed by atoms with E-state index in [1.807, 2.05) is 42.5 Å². The molecule has 6 nitrogen and oxygen atoms in total. The van der Waals surface area contributed by atoms with Crippen LogP contribution >= 0.6 is 0 Å². The number of hydrogen-bond acceptors (Lipinski definition) is 5. The number of carbonyl (C=O) groups is 1. The molecule has 1 aromatic carbocycles. The van der Waals surface area contributed by atoms with Crippen molar-refractivity contribution < 1.29 is 9.90 Å². The Hall–Kier alpha value is -2.44. The van der Waals surface area contributed by atoms with E-state index in [0.29, 0.717) is 17.7 Å². The van der Waals surface area contributed by atoms with Gasteiger partial charge in [0.15, 0.2) is 5.60 Å². The number of anilines is 1. The SMILES string of the molecule is Nc1cccc(CN2CC3C(NC(=O)C(O)(c4ccccc4)C4CCCC4)[C@H]3C2)n1. The van der Waals surface area contributed by atoms with E-state index in [-0.39, 0.29) is 17.9 Å². The number of nitrogen functional groups attached to an aromatic ring is 1. The molecule has 4 atom stereocenters. The van der Waals surface area contributed by atoms with Gasteiger partial charge in [0.1, 0.15) is 5.82 Å². The van der Waals surface area contributed by atoms with Crippen LogP contribution in [-0.4, -0.2) is 40.0 Å². The first-order chi connectivity index (χ1) is 14.6. The number of likely N-dealkylation sites (tertiary alicyclic amines) is 1. The van der Waals surface area contributed by atoms with E-state index in [1.165, 1.54) is 0 Å². The van der Waals surface area contributed by atoms with Crippen LogP contribution in [-0.2, 0) is 16.9 Å². The van der Waals surface area contributed by atoms with Crippen LogP contribution in [0.25, 0.3) is 0 Å². The van der Waals surface area contributed by atoms with E-state index < -0.39 is 5.60 Å². The summed E-state index contributed by atoms with van der Waals surface area (Å²) < 4.78 is 0. The Morgan fingerprint density at radius 1 is 1.10 bits per heavy atom. The summed E-state index contributed by atoms with van der Waals surface area (Å²) in [5, 5.41) is 14.8. The highest BCUT2D eigenvalue weighted by molar-refractivity contribution is 5.87. The summed E-state index contributed by atoms with van der Waals surface area (Å²) in [6.07, 6.45) is 3.96. The summed E-state index contributed by atoms with van der Waals surface area (Å²) in [4.78, 5) is 20.1. The van der Waals surface area contributed by atoms with Crippen LogP contribution in [0.4, 0.5) is 5.82 Å². The highest BCUT2D eigenvalue weighted by Gasteiger charge is 2.58. The molecule has 2 heterocycles. The fourth-order valence-corrected chi connectivity index (χ4v) is 5.62. The van der Waals surface area contributed by atoms with Gasteiger partial charge in [0.05, 0.1) is 5.69 Å². The first-order valence-electron chi connectivity index (χ1n) is 11.1. The predicted molar refractivity (Wildman–Crippen MR) is 115 cm³/mol. The Morgan fingerprint density at radius 2 is 1.80 bits per heavy atom. The molecule has 158 valence electrons. The number of nitrogens with one attached hydrogen (secondary N) is 1. The molecule has 1 aliphatic heterocycles. The minimum absolute atomic E-state index is 0.00963. The van der Waals surface area contributed by atoms with Crippen LogP contribution in [0.2, 0.25) is 0 Å². The molecule has 0 bridgehead atoms. The van der Waals surface area contributed by atoms with Gasteiger partial charge in [0.25, 0.3) is 5.91 Å². The molecule has 2 aromatic rings. The lowest BCUT2D eigenvalue weighted by molar-refractivity contribution is -0.147. The third kappa shape index (κ3) is 3.48. The van der Waals surface area contributed by atoms with Crippen molar-refractivity contribution >= 4 is 11.7 Å². The molecule has 6 heteroatoms. The quantitative estimate of drug-likeness (QED) is 0.685. The Balaban J connectivity index is 1.23. The topological polar surface area (TPSA) is 91.5 Å². The second-order valence-corrected chi connectivity index (χ2v) is 9.19. The summed E-state index contributed by atoms with van der Waals surface area (Å²) >= 11 is 0. The van der Waals surface area contributed by atoms with E-state index in [2.05, 4.69) is 15.2 Å². The second kappa shape index (κ2) is 7.67. The lowest BCUT2D eigenvalue weighted by Gasteiger charge is -2.33. The molecule has 2 saturated carbocycles. The first kappa shape index (κ1) is 19.5. The predicted octanol–water partition coefficient (Wildman–Crippen LogP) is 2.29. The number of amides is 1. The molecule has 0 radical (unpaired) electrons. The molecule has 1 amide bonds. The zero-order chi connectivity index (χ0) is 20.7. The summed E-state index contributed by atoms with van der Waals surface area (Å²) in [5.41, 5.74) is 6.05. The van der Waals surface area contributed by atoms with Crippen molar-refractivity contribution in [3.05, 3.63) is 59.8 Å². The average molecular weight is 407 g/mol. The fraction of sp³-hybridized carbons (Fsp3) is 0.500. The average Bonchev–Trinajstić information content (AvgIpc) is 3.17. The molecule has 30 heavy (non-hydrogen) atoms. The summed E-state index contributed by atoms with van der Waals surface area (Å²) in [7, 11) is 0. The number of hydrogen-bond donors (Lipinski definition) is 3. The normalized spacial score (nSPS) is 28.1. The van der Waals surface area contributed by atoms with Gasteiger partial charge >= 0.3 is 0 Å². The van der Waals surface area contributed by atoms with Crippen molar-refractivity contribution in [1.29, 1.82) is 0 Å². The summed E-state index contributed by atoms with van der Waals surface area (Å²) in [6.45, 7) is 2.67. The van der Waals surface area contributed by atoms with Crippen LogP contribution in [0.1, 0.15) is 36.9 Å². The van der Waals surface area contributed by atoms with Crippen LogP contribution in [0.15, 0.2) is 48.5 Å². The number of fused-ring (bicyclic) bond motifs is 1. The maximum atomic E-state index is 13.3. The smallest absolute Gasteiger partial charge is 0.257 e. The number of pyridine rings is 1. The van der Waals surface area contributed by atoms with Gasteiger partial charge < -0.3 is 16.2 Å². The van der Waals surface area contributed by atoms with Gasteiger partial charge in [-0.2, -0.15) is 0 Å². The van der Waals surface area contributed by atoms with Crippen LogP contribution in [0.3, 0.4) is 0 Å². The molecule has 3 aliphatic rings. The van der Waals surface area contributed by atoms with Crippen molar-refractivity contribution in [1.82, 2.24) is 15.2 Å². The molecule has 5 rings (SSSR count). The molecule has 1 saturated heterocycles. The fourth-order valence-electron chi connectivity index (χ4n) is 5.62. The minimum Gasteiger partial charge on any atom is -0.384 e. The van der Waals surface area contributed by atoms with Crippen LogP contribution in [0.5, 0.6) is 0 Å². The van der Waals surface area contributed by atoms with Crippen molar-refractivity contribution in [3.63, 3.8) is 0 Å². The van der Waals surface area contributed by atoms with Gasteiger partial charge in [0, 0.05) is 31.6 Å². The zero-order valence-corrected chi connectivity index (χ0v) is 17.2. The van der Waals surface area contributed by atoms with Gasteiger partial charge in [0.2, 0.25) is 0 Å². The van der Waals surface area contributed by atoms with Crippen molar-refractivity contribution in [2.75, 3.05) is 18.8 Å². The van der Waals surface area contributed by atoms with Crippen LogP contribution in [0, 0.1) is 17.8 Å². The molecule has 3 unspecified atom stereocenters. The second-order valence-electron chi connectivity index (χ2n) is 9.19. The number of piperidine rings is 1. The lowest BCUT2D eigenvalue weighted by Crippen LogP contribution is -2.50. The minimum atomic E-state index is -1.43. The third-order valence-corrected chi connectivity index (χ3v) is 7.29. The third-order valence-electron chi connectivity index (χ3n) is 7.29. The van der Waals surface area contributed by atoms with E-state index in [4.69, 9.17) is 5.73 Å². The van der Waals surface area contributed by atoms with E-state index >= 15 is 0 Å². The molecule has 2 aliphatic carbocycles. The number of aliphatic hydroxyl groups is 1. The monoisotopic (exact) mass is 406 g/mol. The van der Waals surface area contributed by atoms with Crippen molar-refractivity contribution in [3.8, 4) is 0 Å². The number of rotatable bonds is 6. The summed E-state index contributed by atoms with van der Waals surface area (Å²) in [5.74, 6) is 1.24. The highest BCUT2D eigenvalue weighted by atomic mass is 16.3. The van der Waals surface area contributed by atoms with E-state index in [0.717, 1.165) is 56.6 Å². The van der Waals surface area contributed by atoms with Crippen molar-refractivity contribution in [2.45, 2.75) is 43.9 Å².